The van der Waals surface area contributed by atoms with Crippen LogP contribution < -0.4 is 0 Å². The van der Waals surface area contributed by atoms with Crippen LogP contribution in [0, 0.1) is 5.92 Å². The summed E-state index contributed by atoms with van der Waals surface area (Å²) in [5.41, 5.74) is 2.98. The molecule has 0 aliphatic heterocycles. The number of halogens is 2. The van der Waals surface area contributed by atoms with Gasteiger partial charge in [-0.1, -0.05) is 31.1 Å². The first kappa shape index (κ1) is 16.7. The fourth-order valence-electron chi connectivity index (χ4n) is 3.31. The second-order valence-corrected chi connectivity index (χ2v) is 6.75. The van der Waals surface area contributed by atoms with Crippen LogP contribution in [0.2, 0.25) is 0 Å². The Hall–Kier alpha value is -2.11. The molecule has 0 bridgehead atoms. The van der Waals surface area contributed by atoms with Crippen LogP contribution in [0.3, 0.4) is 0 Å². The number of carbonyl (C=O) groups excluding carboxylic acids is 1. The van der Waals surface area contributed by atoms with Gasteiger partial charge in [0.1, 0.15) is 5.78 Å². The number of rotatable bonds is 6. The number of hydrogen-bond acceptors (Lipinski definition) is 4. The molecule has 1 atom stereocenters. The number of aromatic nitrogens is 2. The van der Waals surface area contributed by atoms with E-state index < -0.39 is 12.3 Å². The quantitative estimate of drug-likeness (QED) is 0.768. The van der Waals surface area contributed by atoms with Gasteiger partial charge in [-0.25, -0.2) is 0 Å². The summed E-state index contributed by atoms with van der Waals surface area (Å²) in [6, 6.07) is 5.69. The summed E-state index contributed by atoms with van der Waals surface area (Å²) >= 11 is 0. The summed E-state index contributed by atoms with van der Waals surface area (Å²) < 4.78 is 29.7. The molecule has 2 aromatic rings. The molecule has 1 aromatic heterocycles. The van der Waals surface area contributed by atoms with Crippen molar-refractivity contribution in [3.63, 3.8) is 0 Å². The number of alkyl halides is 2. The lowest BCUT2D eigenvalue weighted by Crippen LogP contribution is -2.07. The standard InChI is InChI=1S/C18H20F2N2O2/c1-10(2)7-14(23)9-12-4-3-11-8-13(5-6-15(11)12)17-21-18(16(19)20)24-22-17/h5-6,8,10,12,16H,3-4,7,9H2,1-2H3. The predicted molar refractivity (Wildman–Crippen MR) is 84.8 cm³/mol. The zero-order valence-corrected chi connectivity index (χ0v) is 13.8. The molecule has 0 spiro atoms. The van der Waals surface area contributed by atoms with Gasteiger partial charge in [0.05, 0.1) is 0 Å². The summed E-state index contributed by atoms with van der Waals surface area (Å²) in [5.74, 6) is 0.437. The summed E-state index contributed by atoms with van der Waals surface area (Å²) in [6.45, 7) is 4.09. The molecular weight excluding hydrogens is 314 g/mol. The predicted octanol–water partition coefficient (Wildman–Crippen LogP) is 4.71. The summed E-state index contributed by atoms with van der Waals surface area (Å²) in [5, 5.41) is 3.61. The van der Waals surface area contributed by atoms with Crippen LogP contribution >= 0.6 is 0 Å². The highest BCUT2D eigenvalue weighted by atomic mass is 19.3. The van der Waals surface area contributed by atoms with Crippen molar-refractivity contribution in [2.24, 2.45) is 5.92 Å². The molecule has 0 saturated carbocycles. The Labute approximate surface area is 139 Å². The SMILES string of the molecule is CC(C)CC(=O)CC1CCc2cc(-c3noc(C(F)F)n3)ccc21. The van der Waals surface area contributed by atoms with Crippen molar-refractivity contribution in [1.82, 2.24) is 10.1 Å². The van der Waals surface area contributed by atoms with E-state index >= 15 is 0 Å². The van der Waals surface area contributed by atoms with Crippen LogP contribution in [0.5, 0.6) is 0 Å². The van der Waals surface area contributed by atoms with Gasteiger partial charge in [-0.3, -0.25) is 4.79 Å². The van der Waals surface area contributed by atoms with E-state index in [1.165, 1.54) is 5.56 Å². The van der Waals surface area contributed by atoms with E-state index in [0.29, 0.717) is 30.1 Å². The van der Waals surface area contributed by atoms with Gasteiger partial charge in [-0.05, 0) is 41.9 Å². The molecule has 3 rings (SSSR count). The number of benzene rings is 1. The maximum atomic E-state index is 12.6. The van der Waals surface area contributed by atoms with Gasteiger partial charge in [-0.15, -0.1) is 0 Å². The normalized spacial score (nSPS) is 16.8. The average Bonchev–Trinajstić information content (AvgIpc) is 3.13. The van der Waals surface area contributed by atoms with E-state index in [0.717, 1.165) is 18.4 Å². The molecule has 4 nitrogen and oxygen atoms in total. The van der Waals surface area contributed by atoms with E-state index in [2.05, 4.69) is 14.7 Å². The monoisotopic (exact) mass is 334 g/mol. The molecule has 1 aliphatic carbocycles. The molecule has 1 heterocycles. The number of aryl methyl sites for hydroxylation is 1. The van der Waals surface area contributed by atoms with Crippen LogP contribution in [0.25, 0.3) is 11.4 Å². The lowest BCUT2D eigenvalue weighted by Gasteiger charge is -2.12. The van der Waals surface area contributed by atoms with E-state index in [4.69, 9.17) is 0 Å². The lowest BCUT2D eigenvalue weighted by atomic mass is 9.92. The number of nitrogens with zero attached hydrogens (tertiary/aromatic N) is 2. The average molecular weight is 334 g/mol. The minimum Gasteiger partial charge on any atom is -0.333 e. The molecule has 1 unspecified atom stereocenters. The molecule has 0 radical (unpaired) electrons. The topological polar surface area (TPSA) is 56.0 Å². The smallest absolute Gasteiger partial charge is 0.315 e. The lowest BCUT2D eigenvalue weighted by molar-refractivity contribution is -0.120. The fraction of sp³-hybridized carbons (Fsp3) is 0.500. The van der Waals surface area contributed by atoms with E-state index in [1.807, 2.05) is 32.0 Å². The highest BCUT2D eigenvalue weighted by molar-refractivity contribution is 5.79. The Bertz CT molecular complexity index is 740. The van der Waals surface area contributed by atoms with Gasteiger partial charge in [0.2, 0.25) is 5.82 Å². The summed E-state index contributed by atoms with van der Waals surface area (Å²) in [7, 11) is 0. The van der Waals surface area contributed by atoms with Crippen molar-refractivity contribution in [3.8, 4) is 11.4 Å². The molecule has 128 valence electrons. The number of hydrogen-bond donors (Lipinski definition) is 0. The van der Waals surface area contributed by atoms with Gasteiger partial charge in [0, 0.05) is 18.4 Å². The van der Waals surface area contributed by atoms with Crippen molar-refractivity contribution in [2.45, 2.75) is 51.9 Å². The molecule has 1 aliphatic rings. The second-order valence-electron chi connectivity index (χ2n) is 6.75. The van der Waals surface area contributed by atoms with Crippen molar-refractivity contribution >= 4 is 5.78 Å². The van der Waals surface area contributed by atoms with E-state index in [9.17, 15) is 13.6 Å². The third kappa shape index (κ3) is 3.52. The largest absolute Gasteiger partial charge is 0.333 e. The maximum absolute atomic E-state index is 12.6. The van der Waals surface area contributed by atoms with Crippen molar-refractivity contribution in [2.75, 3.05) is 0 Å². The van der Waals surface area contributed by atoms with Crippen molar-refractivity contribution in [1.29, 1.82) is 0 Å². The maximum Gasteiger partial charge on any atom is 0.315 e. The van der Waals surface area contributed by atoms with Crippen LogP contribution in [0.15, 0.2) is 22.7 Å². The number of ketones is 1. The molecular formula is C18H20F2N2O2. The van der Waals surface area contributed by atoms with Crippen LogP contribution in [-0.4, -0.2) is 15.9 Å². The Morgan fingerprint density at radius 1 is 1.38 bits per heavy atom. The minimum absolute atomic E-state index is 0.174. The number of carbonyl (C=O) groups is 1. The minimum atomic E-state index is -2.77. The second kappa shape index (κ2) is 6.79. The Morgan fingerprint density at radius 2 is 2.17 bits per heavy atom. The van der Waals surface area contributed by atoms with Gasteiger partial charge in [-0.2, -0.15) is 13.8 Å². The van der Waals surface area contributed by atoms with Gasteiger partial charge in [0.15, 0.2) is 0 Å². The Morgan fingerprint density at radius 3 is 2.83 bits per heavy atom. The fourth-order valence-corrected chi connectivity index (χ4v) is 3.31. The third-order valence-electron chi connectivity index (χ3n) is 4.34. The first-order valence-electron chi connectivity index (χ1n) is 8.20. The van der Waals surface area contributed by atoms with Gasteiger partial charge in [0.25, 0.3) is 5.89 Å². The Kier molecular flexibility index (Phi) is 4.73. The molecule has 0 N–H and O–H groups in total. The number of Topliss-reactive ketones (excluding diaryl/α,β-unsaturated/α-hetero) is 1. The van der Waals surface area contributed by atoms with Crippen molar-refractivity contribution in [3.05, 3.63) is 35.2 Å². The highest BCUT2D eigenvalue weighted by Gasteiger charge is 2.26. The van der Waals surface area contributed by atoms with E-state index in [-0.39, 0.29) is 11.7 Å². The zero-order valence-electron chi connectivity index (χ0n) is 13.8. The van der Waals surface area contributed by atoms with Gasteiger partial charge < -0.3 is 4.52 Å². The first-order chi connectivity index (χ1) is 11.4. The molecule has 0 saturated heterocycles. The molecule has 6 heteroatoms. The molecule has 24 heavy (non-hydrogen) atoms. The highest BCUT2D eigenvalue weighted by Crippen LogP contribution is 2.38. The summed E-state index contributed by atoms with van der Waals surface area (Å²) in [6.07, 6.45) is 0.238. The van der Waals surface area contributed by atoms with Crippen molar-refractivity contribution < 1.29 is 18.1 Å². The van der Waals surface area contributed by atoms with Crippen LogP contribution in [0.4, 0.5) is 8.78 Å². The first-order valence-corrected chi connectivity index (χ1v) is 8.20. The molecule has 0 amide bonds. The molecule has 0 fully saturated rings. The number of fused-ring (bicyclic) bond motifs is 1. The van der Waals surface area contributed by atoms with E-state index in [1.54, 1.807) is 0 Å². The summed E-state index contributed by atoms with van der Waals surface area (Å²) in [4.78, 5) is 15.8. The van der Waals surface area contributed by atoms with Gasteiger partial charge >= 0.3 is 6.43 Å². The molecule has 1 aromatic carbocycles. The van der Waals surface area contributed by atoms with Crippen LogP contribution in [-0.2, 0) is 11.2 Å². The zero-order chi connectivity index (χ0) is 17.3. The van der Waals surface area contributed by atoms with Crippen LogP contribution in [0.1, 0.15) is 62.5 Å². The Balaban J connectivity index is 1.76. The third-order valence-corrected chi connectivity index (χ3v) is 4.34.